The Kier molecular flexibility index (Phi) is 4.66. The van der Waals surface area contributed by atoms with E-state index in [0.29, 0.717) is 18.8 Å². The van der Waals surface area contributed by atoms with Gasteiger partial charge in [0.2, 0.25) is 16.4 Å². The van der Waals surface area contributed by atoms with Gasteiger partial charge in [-0.3, -0.25) is 0 Å². The summed E-state index contributed by atoms with van der Waals surface area (Å²) in [5, 5.41) is 6.33. The van der Waals surface area contributed by atoms with Gasteiger partial charge in [-0.1, -0.05) is 5.16 Å². The van der Waals surface area contributed by atoms with Gasteiger partial charge < -0.3 is 9.84 Å². The van der Waals surface area contributed by atoms with Gasteiger partial charge in [-0.2, -0.15) is 4.98 Å². The molecular formula is C7H14N4O3S. The summed E-state index contributed by atoms with van der Waals surface area (Å²) in [6, 6.07) is 0. The van der Waals surface area contributed by atoms with Crippen LogP contribution in [0.4, 0.5) is 0 Å². The molecule has 0 atom stereocenters. The number of rotatable bonds is 7. The molecule has 7 nitrogen and oxygen atoms in total. The van der Waals surface area contributed by atoms with E-state index in [1.165, 1.54) is 6.39 Å². The van der Waals surface area contributed by atoms with Crippen molar-refractivity contribution >= 4 is 10.0 Å². The molecule has 0 aliphatic rings. The van der Waals surface area contributed by atoms with Crippen LogP contribution < -0.4 is 10.0 Å². The molecule has 86 valence electrons. The molecule has 2 N–H and O–H groups in total. The maximum atomic E-state index is 11.3. The lowest BCUT2D eigenvalue weighted by molar-refractivity contribution is 0.410. The molecule has 1 aromatic rings. The minimum atomic E-state index is -3.20. The van der Waals surface area contributed by atoms with Crippen molar-refractivity contribution in [3.05, 3.63) is 12.2 Å². The number of hydrogen-bond acceptors (Lipinski definition) is 6. The SMILES string of the molecule is CNCCS(=O)(=O)NCCc1ncon1. The highest BCUT2D eigenvalue weighted by Crippen LogP contribution is 1.90. The van der Waals surface area contributed by atoms with Crippen LogP contribution in [0.15, 0.2) is 10.9 Å². The third kappa shape index (κ3) is 4.86. The van der Waals surface area contributed by atoms with Gasteiger partial charge in [-0.25, -0.2) is 13.1 Å². The second kappa shape index (κ2) is 5.79. The van der Waals surface area contributed by atoms with Gasteiger partial charge in [0.25, 0.3) is 0 Å². The summed E-state index contributed by atoms with van der Waals surface area (Å²) in [5.41, 5.74) is 0. The van der Waals surface area contributed by atoms with E-state index in [1.54, 1.807) is 7.05 Å². The number of nitrogens with one attached hydrogen (secondary N) is 2. The first-order valence-electron chi connectivity index (χ1n) is 4.51. The highest BCUT2D eigenvalue weighted by molar-refractivity contribution is 7.89. The molecule has 0 aliphatic heterocycles. The Morgan fingerprint density at radius 2 is 2.27 bits per heavy atom. The van der Waals surface area contributed by atoms with Crippen LogP contribution in [-0.2, 0) is 16.4 Å². The Balaban J connectivity index is 2.24. The summed E-state index contributed by atoms with van der Waals surface area (Å²) in [7, 11) is -1.49. The van der Waals surface area contributed by atoms with Crippen molar-refractivity contribution < 1.29 is 12.9 Å². The van der Waals surface area contributed by atoms with E-state index in [-0.39, 0.29) is 12.3 Å². The average Bonchev–Trinajstić information content (AvgIpc) is 2.67. The zero-order chi connectivity index (χ0) is 11.1. The van der Waals surface area contributed by atoms with E-state index >= 15 is 0 Å². The fraction of sp³-hybridized carbons (Fsp3) is 0.714. The highest BCUT2D eigenvalue weighted by atomic mass is 32.2. The van der Waals surface area contributed by atoms with E-state index in [2.05, 4.69) is 24.7 Å². The van der Waals surface area contributed by atoms with Gasteiger partial charge in [0.1, 0.15) is 0 Å². The monoisotopic (exact) mass is 234 g/mol. The largest absolute Gasteiger partial charge is 0.343 e. The molecule has 0 saturated heterocycles. The second-order valence-corrected chi connectivity index (χ2v) is 4.84. The van der Waals surface area contributed by atoms with Crippen LogP contribution in [0.3, 0.4) is 0 Å². The summed E-state index contributed by atoms with van der Waals surface area (Å²) in [4.78, 5) is 3.77. The fourth-order valence-corrected chi connectivity index (χ4v) is 1.96. The lowest BCUT2D eigenvalue weighted by atomic mass is 10.4. The maximum absolute atomic E-state index is 11.3. The first-order chi connectivity index (χ1) is 7.14. The molecule has 0 unspecified atom stereocenters. The summed E-state index contributed by atoms with van der Waals surface area (Å²) >= 11 is 0. The van der Waals surface area contributed by atoms with Crippen LogP contribution in [0.1, 0.15) is 5.82 Å². The van der Waals surface area contributed by atoms with E-state index in [4.69, 9.17) is 0 Å². The number of aromatic nitrogens is 2. The van der Waals surface area contributed by atoms with Gasteiger partial charge in [0, 0.05) is 19.5 Å². The highest BCUT2D eigenvalue weighted by Gasteiger charge is 2.08. The molecule has 0 amide bonds. The Morgan fingerprint density at radius 3 is 2.87 bits per heavy atom. The van der Waals surface area contributed by atoms with Crippen LogP contribution >= 0.6 is 0 Å². The van der Waals surface area contributed by atoms with Crippen LogP contribution in [0.2, 0.25) is 0 Å². The van der Waals surface area contributed by atoms with E-state index < -0.39 is 10.0 Å². The molecule has 1 rings (SSSR count). The van der Waals surface area contributed by atoms with Crippen molar-refractivity contribution in [3.63, 3.8) is 0 Å². The van der Waals surface area contributed by atoms with Gasteiger partial charge in [-0.15, -0.1) is 0 Å². The lowest BCUT2D eigenvalue weighted by Crippen LogP contribution is -2.32. The van der Waals surface area contributed by atoms with Crippen molar-refractivity contribution in [3.8, 4) is 0 Å². The van der Waals surface area contributed by atoms with E-state index in [1.807, 2.05) is 0 Å². The van der Waals surface area contributed by atoms with Crippen LogP contribution in [0.25, 0.3) is 0 Å². The first kappa shape index (κ1) is 12.1. The van der Waals surface area contributed by atoms with Gasteiger partial charge in [0.05, 0.1) is 5.75 Å². The van der Waals surface area contributed by atoms with Crippen LogP contribution in [0.5, 0.6) is 0 Å². The molecule has 15 heavy (non-hydrogen) atoms. The van der Waals surface area contributed by atoms with Crippen LogP contribution in [-0.4, -0.2) is 44.4 Å². The molecule has 0 fully saturated rings. The quantitative estimate of drug-likeness (QED) is 0.612. The summed E-state index contributed by atoms with van der Waals surface area (Å²) in [5.74, 6) is 0.557. The molecule has 1 aromatic heterocycles. The topological polar surface area (TPSA) is 97.1 Å². The zero-order valence-electron chi connectivity index (χ0n) is 8.43. The van der Waals surface area contributed by atoms with Crippen LogP contribution in [0, 0.1) is 0 Å². The third-order valence-corrected chi connectivity index (χ3v) is 3.08. The maximum Gasteiger partial charge on any atom is 0.213 e. The van der Waals surface area contributed by atoms with E-state index in [9.17, 15) is 8.42 Å². The Bertz CT molecular complexity index is 362. The normalized spacial score (nSPS) is 11.8. The minimum absolute atomic E-state index is 0.0652. The smallest absolute Gasteiger partial charge is 0.213 e. The van der Waals surface area contributed by atoms with Gasteiger partial charge in [-0.05, 0) is 7.05 Å². The van der Waals surface area contributed by atoms with Crippen molar-refractivity contribution in [2.24, 2.45) is 0 Å². The zero-order valence-corrected chi connectivity index (χ0v) is 9.25. The molecule has 0 aromatic carbocycles. The molecule has 0 radical (unpaired) electrons. The van der Waals surface area contributed by atoms with Crippen molar-refractivity contribution in [1.29, 1.82) is 0 Å². The molecule has 1 heterocycles. The van der Waals surface area contributed by atoms with Gasteiger partial charge >= 0.3 is 0 Å². The molecule has 0 saturated carbocycles. The standard InChI is InChI=1S/C7H14N4O3S/c1-8-4-5-15(12,13)10-3-2-7-9-6-14-11-7/h6,8,10H,2-5H2,1H3. The Labute approximate surface area is 88.3 Å². The Hall–Kier alpha value is -0.990. The first-order valence-corrected chi connectivity index (χ1v) is 6.16. The predicted molar refractivity (Wildman–Crippen MR) is 53.7 cm³/mol. The Morgan fingerprint density at radius 1 is 1.47 bits per heavy atom. The summed E-state index contributed by atoms with van der Waals surface area (Å²) < 4.78 is 29.6. The summed E-state index contributed by atoms with van der Waals surface area (Å²) in [6.45, 7) is 0.711. The number of nitrogens with zero attached hydrogens (tertiary/aromatic N) is 2. The fourth-order valence-electron chi connectivity index (χ4n) is 0.930. The molecular weight excluding hydrogens is 220 g/mol. The number of hydrogen-bond donors (Lipinski definition) is 2. The van der Waals surface area contributed by atoms with Crippen molar-refractivity contribution in [1.82, 2.24) is 20.2 Å². The van der Waals surface area contributed by atoms with Gasteiger partial charge in [0.15, 0.2) is 5.82 Å². The molecule has 8 heteroatoms. The van der Waals surface area contributed by atoms with Crippen molar-refractivity contribution in [2.75, 3.05) is 25.9 Å². The third-order valence-electron chi connectivity index (χ3n) is 1.70. The molecule has 0 spiro atoms. The molecule has 0 aliphatic carbocycles. The van der Waals surface area contributed by atoms with E-state index in [0.717, 1.165) is 0 Å². The average molecular weight is 234 g/mol. The number of sulfonamides is 1. The second-order valence-electron chi connectivity index (χ2n) is 2.91. The lowest BCUT2D eigenvalue weighted by Gasteiger charge is -2.04. The summed E-state index contributed by atoms with van der Waals surface area (Å²) in [6.07, 6.45) is 1.64. The van der Waals surface area contributed by atoms with Crippen molar-refractivity contribution in [2.45, 2.75) is 6.42 Å². The molecule has 0 bridgehead atoms. The minimum Gasteiger partial charge on any atom is -0.343 e. The predicted octanol–water partition coefficient (Wildman–Crippen LogP) is -1.25.